The topological polar surface area (TPSA) is 48.1 Å². The Hall–Kier alpha value is -7.11. The molecule has 1 aliphatic rings. The Morgan fingerprint density at radius 2 is 1.22 bits per heavy atom. The van der Waals surface area contributed by atoms with Crippen LogP contribution in [-0.2, 0) is 52.8 Å². The van der Waals surface area contributed by atoms with Gasteiger partial charge in [0.15, 0.2) is 0 Å². The van der Waals surface area contributed by atoms with E-state index in [-0.39, 0.29) is 26.3 Å². The van der Waals surface area contributed by atoms with E-state index in [1.807, 2.05) is 54.6 Å². The Morgan fingerprint density at radius 3 is 1.86 bits per heavy atom. The molecule has 6 heteroatoms. The zero-order valence-corrected chi connectivity index (χ0v) is 38.8. The van der Waals surface area contributed by atoms with Crippen LogP contribution in [0.5, 0.6) is 0 Å². The maximum Gasteiger partial charge on any atom is 0.0555 e. The van der Waals surface area contributed by atoms with Crippen LogP contribution in [0.15, 0.2) is 195 Å². The molecule has 1 unspecified atom stereocenters. The van der Waals surface area contributed by atoms with E-state index in [0.717, 1.165) is 76.1 Å². The van der Waals surface area contributed by atoms with Gasteiger partial charge >= 0.3 is 0 Å². The molecule has 9 aromatic rings. The monoisotopic (exact) mass is 1020 g/mol. The molecule has 5 nitrogen and oxygen atoms in total. The number of rotatable bonds is 13. The van der Waals surface area contributed by atoms with Crippen molar-refractivity contribution < 1.29 is 20.1 Å². The van der Waals surface area contributed by atoms with Crippen LogP contribution in [0.25, 0.3) is 72.5 Å². The predicted molar refractivity (Wildman–Crippen MR) is 261 cm³/mol. The summed E-state index contributed by atoms with van der Waals surface area (Å²) in [6.45, 7) is 0. The normalized spacial score (nSPS) is 13.1. The van der Waals surface area contributed by atoms with Crippen LogP contribution in [-0.4, -0.2) is 26.5 Å². The molecule has 2 aromatic heterocycles. The van der Waals surface area contributed by atoms with Crippen LogP contribution >= 0.6 is 0 Å². The molecule has 1 atom stereocenters. The third kappa shape index (κ3) is 9.71. The van der Waals surface area contributed by atoms with E-state index in [4.69, 9.17) is 4.98 Å². The fourth-order valence-corrected chi connectivity index (χ4v) is 8.71. The molecule has 321 valence electrons. The van der Waals surface area contributed by atoms with Gasteiger partial charge in [-0.05, 0) is 81.0 Å². The van der Waals surface area contributed by atoms with Crippen molar-refractivity contribution in [3.8, 4) is 67.2 Å². The molecule has 10 rings (SSSR count). The first kappa shape index (κ1) is 43.2. The molecule has 0 saturated heterocycles. The first-order valence-electron chi connectivity index (χ1n) is 22.0. The van der Waals surface area contributed by atoms with E-state index in [9.17, 15) is 0 Å². The van der Waals surface area contributed by atoms with Gasteiger partial charge in [-0.3, -0.25) is 4.98 Å². The Balaban J connectivity index is 0.00000533. The maximum atomic E-state index is 5.08. The van der Waals surface area contributed by atoms with Gasteiger partial charge in [0.2, 0.25) is 0 Å². The molecule has 1 radical (unpaired) electrons. The molecule has 0 spiro atoms. The number of hydrogen-bond acceptors (Lipinski definition) is 3. The number of aryl methyl sites for hydroxylation is 5. The van der Waals surface area contributed by atoms with E-state index in [0.29, 0.717) is 0 Å². The zero-order chi connectivity index (χ0) is 43.2. The molecule has 1 aliphatic heterocycles. The second kappa shape index (κ2) is 19.7. The van der Waals surface area contributed by atoms with E-state index < -0.39 is 0 Å². The Morgan fingerprint density at radius 1 is 0.538 bits per heavy atom. The molecular weight excluding hydrogens is 971 g/mol. The van der Waals surface area contributed by atoms with E-state index in [1.165, 1.54) is 44.5 Å². The molecule has 0 saturated carbocycles. The summed E-state index contributed by atoms with van der Waals surface area (Å²) in [7, 11) is 4.07. The van der Waals surface area contributed by atoms with Crippen molar-refractivity contribution in [1.29, 1.82) is 0 Å². The molecule has 7 aromatic carbocycles. The first-order chi connectivity index (χ1) is 31.5. The van der Waals surface area contributed by atoms with E-state index in [1.54, 1.807) is 0 Å². The molecule has 0 amide bonds. The summed E-state index contributed by atoms with van der Waals surface area (Å²) >= 11 is 0. The molecule has 0 aliphatic carbocycles. The van der Waals surface area contributed by atoms with Crippen LogP contribution in [0.3, 0.4) is 0 Å². The van der Waals surface area contributed by atoms with E-state index >= 15 is 0 Å². The number of nitrogens with zero attached hydrogens (tertiary/aromatic N) is 5. The fraction of sp³-hybridized carbons (Fsp3) is 0.119. The smallest absolute Gasteiger partial charge is 0.0555 e. The fourth-order valence-electron chi connectivity index (χ4n) is 8.71. The predicted octanol–water partition coefficient (Wildman–Crippen LogP) is 13.6. The van der Waals surface area contributed by atoms with Crippen molar-refractivity contribution in [3.05, 3.63) is 246 Å². The quantitative estimate of drug-likeness (QED) is 0.108. The number of aromatic nitrogens is 3. The SMILES string of the molecule is CN1C=C[N-]C1c1[c-]cc(CCc2cc(CCc3c[c-]c(-c4nccn4C)cc3)cc(-c3ccccc3-c3cnc(-c4[c-]cccc4)cc3-c3ccc(-c4ccccc4)cc3)c2)cc1.[Ir]. The number of pyridine rings is 1. The van der Waals surface area contributed by atoms with Crippen molar-refractivity contribution in [2.45, 2.75) is 31.8 Å². The Kier molecular flexibility index (Phi) is 13.1. The van der Waals surface area contributed by atoms with Gasteiger partial charge in [0.05, 0.1) is 5.82 Å². The molecular formula is C59H47IrN5-4. The summed E-state index contributed by atoms with van der Waals surface area (Å²) < 4.78 is 2.03. The summed E-state index contributed by atoms with van der Waals surface area (Å²) in [5, 5.41) is 4.60. The number of hydrogen-bond donors (Lipinski definition) is 0. The molecule has 0 fully saturated rings. The third-order valence-corrected chi connectivity index (χ3v) is 12.2. The van der Waals surface area contributed by atoms with Gasteiger partial charge in [-0.25, -0.2) is 0 Å². The summed E-state index contributed by atoms with van der Waals surface area (Å²) in [5.41, 5.74) is 18.3. The van der Waals surface area contributed by atoms with Gasteiger partial charge in [-0.1, -0.05) is 116 Å². The van der Waals surface area contributed by atoms with Crippen LogP contribution in [0, 0.1) is 18.2 Å². The number of benzene rings is 7. The Bertz CT molecular complexity index is 3030. The summed E-state index contributed by atoms with van der Waals surface area (Å²) in [5.74, 6) is 0.920. The second-order valence-corrected chi connectivity index (χ2v) is 16.5. The van der Waals surface area contributed by atoms with Crippen molar-refractivity contribution in [2.75, 3.05) is 7.05 Å². The molecule has 0 bridgehead atoms. The van der Waals surface area contributed by atoms with Gasteiger partial charge in [0.25, 0.3) is 0 Å². The van der Waals surface area contributed by atoms with Gasteiger partial charge in [-0.15, -0.1) is 71.3 Å². The Labute approximate surface area is 396 Å². The van der Waals surface area contributed by atoms with Crippen molar-refractivity contribution in [2.24, 2.45) is 7.05 Å². The van der Waals surface area contributed by atoms with Gasteiger partial charge in [0, 0.05) is 58.4 Å². The van der Waals surface area contributed by atoms with Gasteiger partial charge in [-0.2, -0.15) is 41.6 Å². The summed E-state index contributed by atoms with van der Waals surface area (Å²) in [4.78, 5) is 11.7. The van der Waals surface area contributed by atoms with Gasteiger partial charge < -0.3 is 19.8 Å². The summed E-state index contributed by atoms with van der Waals surface area (Å²) in [6.07, 6.45) is 13.3. The second-order valence-electron chi connectivity index (χ2n) is 16.5. The van der Waals surface area contributed by atoms with Crippen LogP contribution in [0.2, 0.25) is 0 Å². The minimum atomic E-state index is -0.00536. The largest absolute Gasteiger partial charge is 0.668 e. The van der Waals surface area contributed by atoms with Crippen molar-refractivity contribution in [3.63, 3.8) is 0 Å². The van der Waals surface area contributed by atoms with Gasteiger partial charge in [0.1, 0.15) is 0 Å². The first-order valence-corrected chi connectivity index (χ1v) is 22.0. The average molecular weight is 1020 g/mol. The number of imidazole rings is 1. The summed E-state index contributed by atoms with van der Waals surface area (Å²) in [6, 6.07) is 69.2. The van der Waals surface area contributed by atoms with Crippen molar-refractivity contribution >= 4 is 0 Å². The average Bonchev–Trinajstić information content (AvgIpc) is 4.00. The maximum absolute atomic E-state index is 5.08. The van der Waals surface area contributed by atoms with Crippen LogP contribution in [0.1, 0.15) is 34.0 Å². The minimum Gasteiger partial charge on any atom is -0.668 e. The minimum absolute atomic E-state index is 0. The van der Waals surface area contributed by atoms with Crippen LogP contribution < -0.4 is 0 Å². The van der Waals surface area contributed by atoms with E-state index in [2.05, 4.69) is 192 Å². The zero-order valence-electron chi connectivity index (χ0n) is 36.5. The third-order valence-electron chi connectivity index (χ3n) is 12.2. The van der Waals surface area contributed by atoms with Crippen LogP contribution in [0.4, 0.5) is 0 Å². The molecule has 3 heterocycles. The molecule has 0 N–H and O–H groups in total. The standard InChI is InChI=1S/C59H47N5.Ir/c1-63-35-33-60-58(63)50-25-21-42(22-26-50)17-19-44-37-45(20-18-43-23-27-51(28-24-43)59-61-34-36-64(59)2)39-52(38-44)53-15-9-10-16-54(53)56-41-62-57(49-13-7-4-8-14-49)40-55(56)48-31-29-47(30-32-48)46-11-5-3-6-12-46;/h3-13,15-16,21-25,27,29-41,58H,17-20H2,1-2H3;/q-4;. The molecule has 65 heavy (non-hydrogen) atoms. The van der Waals surface area contributed by atoms with Crippen molar-refractivity contribution in [1.82, 2.24) is 19.4 Å².